The van der Waals surface area contributed by atoms with Crippen LogP contribution in [0.15, 0.2) is 24.3 Å². The molecule has 6 nitrogen and oxygen atoms in total. The normalized spacial score (nSPS) is 13.1. The summed E-state index contributed by atoms with van der Waals surface area (Å²) in [5.41, 5.74) is 2.67. The number of ether oxygens (including phenoxy) is 4. The second-order valence-electron chi connectivity index (χ2n) is 5.96. The first kappa shape index (κ1) is 19.9. The molecule has 0 spiro atoms. The Morgan fingerprint density at radius 3 is 1.19 bits per heavy atom. The van der Waals surface area contributed by atoms with Crippen molar-refractivity contribution in [3.05, 3.63) is 35.4 Å². The van der Waals surface area contributed by atoms with Gasteiger partial charge in [-0.1, -0.05) is 0 Å². The van der Waals surface area contributed by atoms with Gasteiger partial charge in [-0.2, -0.15) is 0 Å². The fraction of sp³-hybridized carbons (Fsp3) is 0.400. The summed E-state index contributed by atoms with van der Waals surface area (Å²) in [6.45, 7) is 3.35. The molecule has 0 heterocycles. The van der Waals surface area contributed by atoms with E-state index >= 15 is 0 Å². The average Bonchev–Trinajstić information content (AvgIpc) is 2.65. The summed E-state index contributed by atoms with van der Waals surface area (Å²) >= 11 is 0. The highest BCUT2D eigenvalue weighted by Crippen LogP contribution is 2.47. The van der Waals surface area contributed by atoms with Crippen LogP contribution in [0.1, 0.15) is 37.2 Å². The Bertz CT molecular complexity index is 702. The second kappa shape index (κ2) is 8.29. The van der Waals surface area contributed by atoms with Gasteiger partial charge in [0.15, 0.2) is 23.0 Å². The van der Waals surface area contributed by atoms with E-state index in [1.54, 1.807) is 40.2 Å². The highest BCUT2D eigenvalue weighted by Gasteiger charge is 2.22. The van der Waals surface area contributed by atoms with Crippen LogP contribution >= 0.6 is 0 Å². The van der Waals surface area contributed by atoms with E-state index in [0.717, 1.165) is 0 Å². The van der Waals surface area contributed by atoms with Gasteiger partial charge < -0.3 is 29.2 Å². The number of methoxy groups -OCH3 is 4. The number of aliphatic hydroxyl groups is 2. The van der Waals surface area contributed by atoms with Crippen molar-refractivity contribution >= 4 is 0 Å². The summed E-state index contributed by atoms with van der Waals surface area (Å²) in [6, 6.07) is 7.09. The van der Waals surface area contributed by atoms with Crippen molar-refractivity contribution in [1.82, 2.24) is 0 Å². The molecule has 2 aromatic rings. The summed E-state index contributed by atoms with van der Waals surface area (Å²) in [5.74, 6) is 1.98. The molecule has 0 amide bonds. The fourth-order valence-corrected chi connectivity index (χ4v) is 2.85. The van der Waals surface area contributed by atoms with Gasteiger partial charge in [0, 0.05) is 11.1 Å². The van der Waals surface area contributed by atoms with Gasteiger partial charge in [-0.3, -0.25) is 0 Å². The maximum atomic E-state index is 10.1. The second-order valence-corrected chi connectivity index (χ2v) is 5.96. The predicted molar refractivity (Wildman–Crippen MR) is 99.4 cm³/mol. The molecular weight excluding hydrogens is 336 g/mol. The Hall–Kier alpha value is -2.44. The van der Waals surface area contributed by atoms with Gasteiger partial charge in [0.2, 0.25) is 0 Å². The van der Waals surface area contributed by atoms with Crippen LogP contribution in [0, 0.1) is 0 Å². The first-order chi connectivity index (χ1) is 12.4. The molecule has 6 heteroatoms. The van der Waals surface area contributed by atoms with Crippen LogP contribution in [0.25, 0.3) is 11.1 Å². The molecule has 0 unspecified atom stereocenters. The van der Waals surface area contributed by atoms with Crippen LogP contribution in [0.4, 0.5) is 0 Å². The van der Waals surface area contributed by atoms with Crippen molar-refractivity contribution < 1.29 is 29.2 Å². The van der Waals surface area contributed by atoms with Crippen molar-refractivity contribution in [3.63, 3.8) is 0 Å². The van der Waals surface area contributed by atoms with Crippen molar-refractivity contribution in [1.29, 1.82) is 0 Å². The van der Waals surface area contributed by atoms with Gasteiger partial charge in [-0.15, -0.1) is 0 Å². The third-order valence-corrected chi connectivity index (χ3v) is 4.26. The fourth-order valence-electron chi connectivity index (χ4n) is 2.85. The number of benzene rings is 2. The molecule has 26 heavy (non-hydrogen) atoms. The van der Waals surface area contributed by atoms with Crippen LogP contribution in [0.5, 0.6) is 23.0 Å². The van der Waals surface area contributed by atoms with Crippen molar-refractivity contribution in [2.75, 3.05) is 28.4 Å². The summed E-state index contributed by atoms with van der Waals surface area (Å²) < 4.78 is 22.0. The largest absolute Gasteiger partial charge is 0.493 e. The van der Waals surface area contributed by atoms with E-state index in [9.17, 15) is 10.2 Å². The van der Waals surface area contributed by atoms with E-state index in [0.29, 0.717) is 45.3 Å². The Kier molecular flexibility index (Phi) is 6.34. The Balaban J connectivity index is 2.89. The SMILES string of the molecule is COc1cc([C@H](C)O)cc(-c2cc([C@H](C)O)cc(OC)c2OC)c1OC. The Morgan fingerprint density at radius 1 is 0.615 bits per heavy atom. The molecule has 0 bridgehead atoms. The zero-order valence-electron chi connectivity index (χ0n) is 16.0. The molecule has 2 rings (SSSR count). The molecule has 0 saturated heterocycles. The quantitative estimate of drug-likeness (QED) is 0.785. The lowest BCUT2D eigenvalue weighted by Crippen LogP contribution is -2.02. The molecule has 2 atom stereocenters. The third kappa shape index (κ3) is 3.71. The molecule has 0 saturated carbocycles. The third-order valence-electron chi connectivity index (χ3n) is 4.26. The van der Waals surface area contributed by atoms with E-state index in [-0.39, 0.29) is 0 Å². The molecule has 2 aromatic carbocycles. The molecule has 0 aliphatic rings. The molecule has 0 aromatic heterocycles. The van der Waals surface area contributed by atoms with Crippen LogP contribution in [-0.2, 0) is 0 Å². The highest BCUT2D eigenvalue weighted by molar-refractivity contribution is 5.82. The van der Waals surface area contributed by atoms with Gasteiger partial charge in [0.25, 0.3) is 0 Å². The molecule has 0 aliphatic heterocycles. The molecular formula is C20H26O6. The van der Waals surface area contributed by atoms with Gasteiger partial charge in [0.05, 0.1) is 40.6 Å². The van der Waals surface area contributed by atoms with E-state index in [4.69, 9.17) is 18.9 Å². The van der Waals surface area contributed by atoms with E-state index in [1.807, 2.05) is 12.1 Å². The summed E-state index contributed by atoms with van der Waals surface area (Å²) in [5, 5.41) is 20.1. The van der Waals surface area contributed by atoms with Crippen LogP contribution in [0.3, 0.4) is 0 Å². The van der Waals surface area contributed by atoms with Gasteiger partial charge in [-0.25, -0.2) is 0 Å². The van der Waals surface area contributed by atoms with Gasteiger partial charge in [0.1, 0.15) is 0 Å². The van der Waals surface area contributed by atoms with Crippen molar-refractivity contribution in [2.45, 2.75) is 26.1 Å². The first-order valence-electron chi connectivity index (χ1n) is 8.26. The maximum Gasteiger partial charge on any atom is 0.168 e. The zero-order chi connectivity index (χ0) is 19.4. The van der Waals surface area contributed by atoms with Gasteiger partial charge >= 0.3 is 0 Å². The lowest BCUT2D eigenvalue weighted by Gasteiger charge is -2.20. The minimum absolute atomic E-state index is 0.490. The minimum Gasteiger partial charge on any atom is -0.493 e. The number of hydrogen-bond acceptors (Lipinski definition) is 6. The lowest BCUT2D eigenvalue weighted by molar-refractivity contribution is 0.198. The number of aliphatic hydroxyl groups excluding tert-OH is 2. The zero-order valence-corrected chi connectivity index (χ0v) is 16.0. The van der Waals surface area contributed by atoms with Crippen LogP contribution < -0.4 is 18.9 Å². The lowest BCUT2D eigenvalue weighted by atomic mass is 9.95. The van der Waals surface area contributed by atoms with Crippen LogP contribution in [0.2, 0.25) is 0 Å². The monoisotopic (exact) mass is 362 g/mol. The summed E-state index contributed by atoms with van der Waals surface area (Å²) in [7, 11) is 6.17. The highest BCUT2D eigenvalue weighted by atomic mass is 16.5. The molecule has 0 radical (unpaired) electrons. The predicted octanol–water partition coefficient (Wildman–Crippen LogP) is 3.49. The molecule has 0 aliphatic carbocycles. The number of rotatable bonds is 7. The van der Waals surface area contributed by atoms with Crippen molar-refractivity contribution in [3.8, 4) is 34.1 Å². The number of hydrogen-bond donors (Lipinski definition) is 2. The topological polar surface area (TPSA) is 77.4 Å². The summed E-state index contributed by atoms with van der Waals surface area (Å²) in [4.78, 5) is 0. The average molecular weight is 362 g/mol. The standard InChI is InChI=1S/C20H26O6/c1-11(21)13-7-15(19(25-5)17(9-13)23-3)16-8-14(12(2)22)10-18(24-4)20(16)26-6/h7-12,21-22H,1-6H3/t11-,12-/m0/s1. The molecule has 2 N–H and O–H groups in total. The Morgan fingerprint density at radius 2 is 0.962 bits per heavy atom. The summed E-state index contributed by atoms with van der Waals surface area (Å²) in [6.07, 6.45) is -1.39. The maximum absolute atomic E-state index is 10.1. The molecule has 0 fully saturated rings. The molecule has 142 valence electrons. The van der Waals surface area contributed by atoms with Crippen molar-refractivity contribution in [2.24, 2.45) is 0 Å². The smallest absolute Gasteiger partial charge is 0.168 e. The Labute approximate surface area is 153 Å². The van der Waals surface area contributed by atoms with E-state index < -0.39 is 12.2 Å². The van der Waals surface area contributed by atoms with E-state index in [2.05, 4.69) is 0 Å². The first-order valence-corrected chi connectivity index (χ1v) is 8.26. The van der Waals surface area contributed by atoms with Gasteiger partial charge in [-0.05, 0) is 49.2 Å². The minimum atomic E-state index is -0.693. The van der Waals surface area contributed by atoms with Crippen LogP contribution in [-0.4, -0.2) is 38.7 Å². The van der Waals surface area contributed by atoms with E-state index in [1.165, 1.54) is 14.2 Å².